The minimum atomic E-state index is 0.682. The molecule has 0 bridgehead atoms. The molecule has 0 radical (unpaired) electrons. The number of nitrogens with zero attached hydrogens (tertiary/aromatic N) is 1. The molecule has 3 aromatic carbocycles. The third kappa shape index (κ3) is 4.95. The van der Waals surface area contributed by atoms with Crippen LogP contribution in [-0.2, 0) is 6.42 Å². The van der Waals surface area contributed by atoms with Gasteiger partial charge in [-0.25, -0.2) is 0 Å². The fourth-order valence-corrected chi connectivity index (χ4v) is 3.16. The van der Waals surface area contributed by atoms with Crippen LogP contribution >= 0.6 is 0 Å². The molecule has 0 amide bonds. The Morgan fingerprint density at radius 1 is 0.741 bits per heavy atom. The van der Waals surface area contributed by atoms with Gasteiger partial charge in [-0.2, -0.15) is 0 Å². The molecule has 0 saturated carbocycles. The summed E-state index contributed by atoms with van der Waals surface area (Å²) in [6.07, 6.45) is 7.39. The number of allylic oxidation sites excluding steroid dienone is 1. The molecule has 0 heterocycles. The maximum atomic E-state index is 11.0. The van der Waals surface area contributed by atoms with Gasteiger partial charge in [0.2, 0.25) is 0 Å². The van der Waals surface area contributed by atoms with E-state index in [1.54, 1.807) is 0 Å². The highest BCUT2D eigenvalue weighted by molar-refractivity contribution is 5.80. The van der Waals surface area contributed by atoms with Crippen molar-refractivity contribution in [1.29, 1.82) is 0 Å². The van der Waals surface area contributed by atoms with Gasteiger partial charge in [0, 0.05) is 22.6 Å². The van der Waals surface area contributed by atoms with E-state index in [0.717, 1.165) is 36.2 Å². The molecule has 0 aromatic heterocycles. The van der Waals surface area contributed by atoms with Crippen LogP contribution in [-0.4, -0.2) is 6.29 Å². The van der Waals surface area contributed by atoms with Crippen LogP contribution in [0.2, 0.25) is 0 Å². The van der Waals surface area contributed by atoms with Gasteiger partial charge in [-0.1, -0.05) is 36.4 Å². The van der Waals surface area contributed by atoms with Crippen LogP contribution in [0.3, 0.4) is 0 Å². The lowest BCUT2D eigenvalue weighted by Gasteiger charge is -2.25. The van der Waals surface area contributed by atoms with Gasteiger partial charge in [0.15, 0.2) is 0 Å². The first-order valence-corrected chi connectivity index (χ1v) is 9.42. The first-order valence-electron chi connectivity index (χ1n) is 9.42. The number of para-hydroxylation sites is 1. The smallest absolute Gasteiger partial charge is 0.150 e. The third-order valence-corrected chi connectivity index (χ3v) is 4.62. The number of anilines is 3. The van der Waals surface area contributed by atoms with Crippen molar-refractivity contribution in [2.75, 3.05) is 4.90 Å². The molecule has 0 saturated heterocycles. The van der Waals surface area contributed by atoms with Gasteiger partial charge in [0.05, 0.1) is 0 Å². The number of hydrogen-bond acceptors (Lipinski definition) is 2. The summed E-state index contributed by atoms with van der Waals surface area (Å²) in [5, 5.41) is 0. The molecule has 136 valence electrons. The number of unbranched alkanes of at least 4 members (excludes halogenated alkanes) is 2. The summed E-state index contributed by atoms with van der Waals surface area (Å²) < 4.78 is 0. The Labute approximate surface area is 161 Å². The lowest BCUT2D eigenvalue weighted by molar-refractivity contribution is 0.112. The monoisotopic (exact) mass is 355 g/mol. The fraction of sp³-hybridized carbons (Fsp3) is 0.160. The molecule has 0 unspecified atom stereocenters. The maximum absolute atomic E-state index is 11.0. The van der Waals surface area contributed by atoms with E-state index in [2.05, 4.69) is 47.9 Å². The molecule has 0 atom stereocenters. The number of aldehydes is 1. The largest absolute Gasteiger partial charge is 0.311 e. The molecule has 27 heavy (non-hydrogen) atoms. The molecule has 2 heteroatoms. The maximum Gasteiger partial charge on any atom is 0.150 e. The Hall–Kier alpha value is -3.13. The van der Waals surface area contributed by atoms with Gasteiger partial charge in [0.25, 0.3) is 0 Å². The molecule has 0 aliphatic rings. The van der Waals surface area contributed by atoms with E-state index in [-0.39, 0.29) is 0 Å². The van der Waals surface area contributed by atoms with Crippen molar-refractivity contribution in [1.82, 2.24) is 0 Å². The van der Waals surface area contributed by atoms with Gasteiger partial charge in [-0.15, -0.1) is 6.58 Å². The number of benzene rings is 3. The molecular formula is C25H25NO. The standard InChI is InChI=1S/C25H25NO/c1-2-3-4-6-9-21-12-16-24(17-13-21)26(23-10-7-5-8-11-23)25-18-14-22(20-27)15-19-25/h2,5,7-8,10-20H,1,3-4,6,9H2. The van der Waals surface area contributed by atoms with Crippen molar-refractivity contribution in [2.45, 2.75) is 25.7 Å². The van der Waals surface area contributed by atoms with E-state index >= 15 is 0 Å². The second-order valence-electron chi connectivity index (χ2n) is 6.58. The summed E-state index contributed by atoms with van der Waals surface area (Å²) in [7, 11) is 0. The first-order chi connectivity index (χ1) is 13.3. The van der Waals surface area contributed by atoms with Crippen molar-refractivity contribution in [3.8, 4) is 0 Å². The predicted molar refractivity (Wildman–Crippen MR) is 114 cm³/mol. The second kappa shape index (κ2) is 9.54. The number of carbonyl (C=O) groups is 1. The average Bonchev–Trinajstić information content (AvgIpc) is 2.74. The van der Waals surface area contributed by atoms with Crippen molar-refractivity contribution in [2.24, 2.45) is 0 Å². The summed E-state index contributed by atoms with van der Waals surface area (Å²) >= 11 is 0. The zero-order chi connectivity index (χ0) is 18.9. The molecule has 2 nitrogen and oxygen atoms in total. The normalized spacial score (nSPS) is 10.4. The van der Waals surface area contributed by atoms with Crippen molar-refractivity contribution < 1.29 is 4.79 Å². The highest BCUT2D eigenvalue weighted by Crippen LogP contribution is 2.34. The van der Waals surface area contributed by atoms with Crippen molar-refractivity contribution >= 4 is 23.3 Å². The fourth-order valence-electron chi connectivity index (χ4n) is 3.16. The number of carbonyl (C=O) groups excluding carboxylic acids is 1. The van der Waals surface area contributed by atoms with E-state index in [1.165, 1.54) is 18.4 Å². The van der Waals surface area contributed by atoms with Gasteiger partial charge in [0.1, 0.15) is 6.29 Å². The molecule has 0 fully saturated rings. The zero-order valence-electron chi connectivity index (χ0n) is 15.6. The molecule has 3 rings (SSSR count). The average molecular weight is 355 g/mol. The van der Waals surface area contributed by atoms with Crippen LogP contribution in [0.4, 0.5) is 17.1 Å². The molecule has 0 spiro atoms. The Morgan fingerprint density at radius 2 is 1.33 bits per heavy atom. The summed E-state index contributed by atoms with van der Waals surface area (Å²) in [4.78, 5) is 13.2. The van der Waals surface area contributed by atoms with E-state index in [9.17, 15) is 4.79 Å². The summed E-state index contributed by atoms with van der Waals surface area (Å²) in [5.74, 6) is 0. The topological polar surface area (TPSA) is 20.3 Å². The third-order valence-electron chi connectivity index (χ3n) is 4.62. The molecule has 0 N–H and O–H groups in total. The van der Waals surface area contributed by atoms with Crippen LogP contribution in [0.15, 0.2) is 91.5 Å². The van der Waals surface area contributed by atoms with E-state index in [0.29, 0.717) is 5.56 Å². The Morgan fingerprint density at radius 3 is 1.93 bits per heavy atom. The Kier molecular flexibility index (Phi) is 6.59. The molecule has 3 aromatic rings. The minimum Gasteiger partial charge on any atom is -0.311 e. The minimum absolute atomic E-state index is 0.682. The van der Waals surface area contributed by atoms with Crippen molar-refractivity contribution in [3.63, 3.8) is 0 Å². The summed E-state index contributed by atoms with van der Waals surface area (Å²) in [6, 6.07) is 26.7. The lowest BCUT2D eigenvalue weighted by atomic mass is 10.1. The SMILES string of the molecule is C=CCCCCc1ccc(N(c2ccccc2)c2ccc(C=O)cc2)cc1. The lowest BCUT2D eigenvalue weighted by Crippen LogP contribution is -2.09. The first kappa shape index (κ1) is 18.7. The van der Waals surface area contributed by atoms with Gasteiger partial charge in [-0.05, 0) is 79.8 Å². The van der Waals surface area contributed by atoms with Gasteiger partial charge in [-0.3, -0.25) is 4.79 Å². The summed E-state index contributed by atoms with van der Waals surface area (Å²) in [5.41, 5.74) is 5.27. The number of hydrogen-bond donors (Lipinski definition) is 0. The zero-order valence-corrected chi connectivity index (χ0v) is 15.6. The van der Waals surface area contributed by atoms with Crippen LogP contribution in [0.25, 0.3) is 0 Å². The Balaban J connectivity index is 1.86. The molecule has 0 aliphatic carbocycles. The highest BCUT2D eigenvalue weighted by Gasteiger charge is 2.12. The number of aryl methyl sites for hydroxylation is 1. The van der Waals surface area contributed by atoms with Gasteiger partial charge >= 0.3 is 0 Å². The van der Waals surface area contributed by atoms with Gasteiger partial charge < -0.3 is 4.90 Å². The predicted octanol–water partition coefficient (Wildman–Crippen LogP) is 6.87. The van der Waals surface area contributed by atoms with E-state index < -0.39 is 0 Å². The van der Waals surface area contributed by atoms with Crippen LogP contribution in [0.5, 0.6) is 0 Å². The van der Waals surface area contributed by atoms with Crippen LogP contribution < -0.4 is 4.90 Å². The number of rotatable bonds is 9. The highest BCUT2D eigenvalue weighted by atomic mass is 16.1. The van der Waals surface area contributed by atoms with Crippen molar-refractivity contribution in [3.05, 3.63) is 103 Å². The van der Waals surface area contributed by atoms with E-state index in [4.69, 9.17) is 0 Å². The van der Waals surface area contributed by atoms with Crippen LogP contribution in [0.1, 0.15) is 35.2 Å². The molecular weight excluding hydrogens is 330 g/mol. The Bertz CT molecular complexity index is 851. The second-order valence-corrected chi connectivity index (χ2v) is 6.58. The van der Waals surface area contributed by atoms with E-state index in [1.807, 2.05) is 48.5 Å². The quantitative estimate of drug-likeness (QED) is 0.237. The van der Waals surface area contributed by atoms with Crippen LogP contribution in [0, 0.1) is 0 Å². The molecule has 0 aliphatic heterocycles. The summed E-state index contributed by atoms with van der Waals surface area (Å²) in [6.45, 7) is 3.78.